The molecule has 2 aromatic carbocycles. The van der Waals surface area contributed by atoms with Gasteiger partial charge in [-0.25, -0.2) is 0 Å². The second-order valence-corrected chi connectivity index (χ2v) is 8.42. The SMILES string of the molecule is CNC(=O)c1ccc(Cc2cc3c(c(Cl)c2C)OCCN(CC2CCCO2)C3=O)cc1. The summed E-state index contributed by atoms with van der Waals surface area (Å²) in [5.74, 6) is 0.281. The van der Waals surface area contributed by atoms with Crippen LogP contribution in [0.1, 0.15) is 50.2 Å². The molecule has 0 radical (unpaired) electrons. The van der Waals surface area contributed by atoms with E-state index in [1.807, 2.05) is 30.0 Å². The van der Waals surface area contributed by atoms with Gasteiger partial charge >= 0.3 is 0 Å². The molecule has 1 atom stereocenters. The summed E-state index contributed by atoms with van der Waals surface area (Å²) in [6.45, 7) is 4.20. The van der Waals surface area contributed by atoms with E-state index in [0.29, 0.717) is 48.0 Å². The van der Waals surface area contributed by atoms with Crippen molar-refractivity contribution < 1.29 is 19.1 Å². The summed E-state index contributed by atoms with van der Waals surface area (Å²) >= 11 is 6.65. The van der Waals surface area contributed by atoms with Crippen molar-refractivity contribution in [3.05, 3.63) is 63.2 Å². The van der Waals surface area contributed by atoms with E-state index in [4.69, 9.17) is 21.1 Å². The van der Waals surface area contributed by atoms with Crippen molar-refractivity contribution in [2.45, 2.75) is 32.3 Å². The average molecular weight is 443 g/mol. The molecule has 2 heterocycles. The first-order chi connectivity index (χ1) is 15.0. The van der Waals surface area contributed by atoms with E-state index in [9.17, 15) is 9.59 Å². The van der Waals surface area contributed by atoms with Crippen LogP contribution in [-0.4, -0.2) is 56.2 Å². The van der Waals surface area contributed by atoms with Crippen molar-refractivity contribution in [3.63, 3.8) is 0 Å². The van der Waals surface area contributed by atoms with Gasteiger partial charge in [0.15, 0.2) is 5.75 Å². The van der Waals surface area contributed by atoms with Crippen LogP contribution >= 0.6 is 11.6 Å². The highest BCUT2D eigenvalue weighted by molar-refractivity contribution is 6.33. The van der Waals surface area contributed by atoms with Gasteiger partial charge in [-0.2, -0.15) is 0 Å². The monoisotopic (exact) mass is 442 g/mol. The third kappa shape index (κ3) is 4.55. The van der Waals surface area contributed by atoms with Crippen LogP contribution in [0.4, 0.5) is 0 Å². The summed E-state index contributed by atoms with van der Waals surface area (Å²) in [6, 6.07) is 9.34. The molecule has 0 aromatic heterocycles. The lowest BCUT2D eigenvalue weighted by molar-refractivity contribution is 0.0519. The normalized spacial score (nSPS) is 18.4. The maximum absolute atomic E-state index is 13.3. The molecule has 2 amide bonds. The Morgan fingerprint density at radius 1 is 1.26 bits per heavy atom. The molecule has 164 valence electrons. The van der Waals surface area contributed by atoms with Crippen molar-refractivity contribution >= 4 is 23.4 Å². The van der Waals surface area contributed by atoms with Crippen molar-refractivity contribution in [1.82, 2.24) is 10.2 Å². The van der Waals surface area contributed by atoms with Gasteiger partial charge in [-0.05, 0) is 61.1 Å². The Kier molecular flexibility index (Phi) is 6.49. The van der Waals surface area contributed by atoms with Gasteiger partial charge in [0, 0.05) is 25.8 Å². The van der Waals surface area contributed by atoms with Crippen LogP contribution < -0.4 is 10.1 Å². The molecule has 0 bridgehead atoms. The third-order valence-electron chi connectivity index (χ3n) is 5.98. The van der Waals surface area contributed by atoms with Crippen LogP contribution in [0.5, 0.6) is 5.75 Å². The molecule has 0 aliphatic carbocycles. The topological polar surface area (TPSA) is 67.9 Å². The zero-order valence-corrected chi connectivity index (χ0v) is 18.6. The lowest BCUT2D eigenvalue weighted by Crippen LogP contribution is -2.38. The van der Waals surface area contributed by atoms with E-state index in [0.717, 1.165) is 36.1 Å². The number of amides is 2. The third-order valence-corrected chi connectivity index (χ3v) is 6.44. The minimum absolute atomic E-state index is 0.0684. The molecule has 2 aliphatic heterocycles. The first-order valence-electron chi connectivity index (χ1n) is 10.6. The number of hydrogen-bond acceptors (Lipinski definition) is 4. The molecule has 6 nitrogen and oxygen atoms in total. The van der Waals surface area contributed by atoms with Crippen molar-refractivity contribution in [2.24, 2.45) is 0 Å². The average Bonchev–Trinajstić information content (AvgIpc) is 3.24. The van der Waals surface area contributed by atoms with E-state index < -0.39 is 0 Å². The fourth-order valence-corrected chi connectivity index (χ4v) is 4.42. The molecule has 0 spiro atoms. The number of nitrogens with one attached hydrogen (secondary N) is 1. The van der Waals surface area contributed by atoms with Crippen molar-refractivity contribution in [2.75, 3.05) is 33.4 Å². The molecule has 1 N–H and O–H groups in total. The lowest BCUT2D eigenvalue weighted by atomic mass is 9.96. The molecule has 1 saturated heterocycles. The Labute approximate surface area is 187 Å². The molecule has 2 aromatic rings. The number of fused-ring (bicyclic) bond motifs is 1. The number of nitrogens with zero attached hydrogens (tertiary/aromatic N) is 1. The number of carbonyl (C=O) groups excluding carboxylic acids is 2. The van der Waals surface area contributed by atoms with Gasteiger partial charge in [0.25, 0.3) is 11.8 Å². The molecule has 1 fully saturated rings. The van der Waals surface area contributed by atoms with E-state index in [1.54, 1.807) is 19.2 Å². The Bertz CT molecular complexity index is 984. The highest BCUT2D eigenvalue weighted by Gasteiger charge is 2.30. The quantitative estimate of drug-likeness (QED) is 0.768. The number of benzene rings is 2. The van der Waals surface area contributed by atoms with Crippen LogP contribution in [0.3, 0.4) is 0 Å². The second-order valence-electron chi connectivity index (χ2n) is 8.04. The Hall–Kier alpha value is -2.57. The second kappa shape index (κ2) is 9.28. The predicted molar refractivity (Wildman–Crippen MR) is 119 cm³/mol. The zero-order chi connectivity index (χ0) is 22.0. The Morgan fingerprint density at radius 2 is 2.03 bits per heavy atom. The van der Waals surface area contributed by atoms with Gasteiger partial charge in [0.2, 0.25) is 0 Å². The van der Waals surface area contributed by atoms with E-state index in [1.165, 1.54) is 0 Å². The largest absolute Gasteiger partial charge is 0.489 e. The van der Waals surface area contributed by atoms with Crippen LogP contribution in [0.25, 0.3) is 0 Å². The van der Waals surface area contributed by atoms with Gasteiger partial charge in [0.1, 0.15) is 6.61 Å². The number of ether oxygens (including phenoxy) is 2. The summed E-state index contributed by atoms with van der Waals surface area (Å²) in [4.78, 5) is 26.9. The molecule has 1 unspecified atom stereocenters. The minimum Gasteiger partial charge on any atom is -0.489 e. The molecule has 4 rings (SSSR count). The fraction of sp³-hybridized carbons (Fsp3) is 0.417. The van der Waals surface area contributed by atoms with E-state index in [-0.39, 0.29) is 17.9 Å². The summed E-state index contributed by atoms with van der Waals surface area (Å²) in [6.07, 6.45) is 2.70. The summed E-state index contributed by atoms with van der Waals surface area (Å²) < 4.78 is 11.6. The summed E-state index contributed by atoms with van der Waals surface area (Å²) in [5.41, 5.74) is 4.01. The van der Waals surface area contributed by atoms with Crippen LogP contribution in [0.15, 0.2) is 30.3 Å². The highest BCUT2D eigenvalue weighted by atomic mass is 35.5. The van der Waals surface area contributed by atoms with Gasteiger partial charge < -0.3 is 19.7 Å². The zero-order valence-electron chi connectivity index (χ0n) is 17.9. The molecule has 2 aliphatic rings. The fourth-order valence-electron chi connectivity index (χ4n) is 4.14. The Morgan fingerprint density at radius 3 is 2.71 bits per heavy atom. The van der Waals surface area contributed by atoms with E-state index >= 15 is 0 Å². The summed E-state index contributed by atoms with van der Waals surface area (Å²) in [7, 11) is 1.61. The first-order valence-corrected chi connectivity index (χ1v) is 11.0. The van der Waals surface area contributed by atoms with Gasteiger partial charge in [-0.3, -0.25) is 9.59 Å². The van der Waals surface area contributed by atoms with Gasteiger partial charge in [0.05, 0.1) is 23.2 Å². The molecular weight excluding hydrogens is 416 g/mol. The molecule has 0 saturated carbocycles. The van der Waals surface area contributed by atoms with E-state index in [2.05, 4.69) is 5.32 Å². The molecule has 31 heavy (non-hydrogen) atoms. The van der Waals surface area contributed by atoms with Crippen molar-refractivity contribution in [3.8, 4) is 5.75 Å². The Balaban J connectivity index is 1.61. The van der Waals surface area contributed by atoms with Crippen molar-refractivity contribution in [1.29, 1.82) is 0 Å². The van der Waals surface area contributed by atoms with Gasteiger partial charge in [-0.15, -0.1) is 0 Å². The van der Waals surface area contributed by atoms with Crippen LogP contribution in [0.2, 0.25) is 5.02 Å². The maximum Gasteiger partial charge on any atom is 0.257 e. The first kappa shape index (κ1) is 21.7. The molecule has 7 heteroatoms. The standard InChI is InChI=1S/C24H27ClN2O4/c1-15-18(12-16-5-7-17(8-6-16)23(28)26-2)13-20-22(21(15)25)31-11-9-27(24(20)29)14-19-4-3-10-30-19/h5-8,13,19H,3-4,9-12,14H2,1-2H3,(H,26,28). The maximum atomic E-state index is 13.3. The predicted octanol–water partition coefficient (Wildman–Crippen LogP) is 3.61. The smallest absolute Gasteiger partial charge is 0.257 e. The summed E-state index contributed by atoms with van der Waals surface area (Å²) in [5, 5.41) is 3.11. The number of hydrogen-bond donors (Lipinski definition) is 1. The number of rotatable bonds is 5. The van der Waals surface area contributed by atoms with Gasteiger partial charge in [-0.1, -0.05) is 23.7 Å². The highest BCUT2D eigenvalue weighted by Crippen LogP contribution is 2.37. The molecular formula is C24H27ClN2O4. The minimum atomic E-state index is -0.120. The van der Waals surface area contributed by atoms with Crippen LogP contribution in [0, 0.1) is 6.92 Å². The van der Waals surface area contributed by atoms with Crippen LogP contribution in [-0.2, 0) is 11.2 Å². The number of carbonyl (C=O) groups is 2. The number of halogens is 1. The lowest BCUT2D eigenvalue weighted by Gasteiger charge is -2.23.